The number of hydrogen-bond donors (Lipinski definition) is 1. The van der Waals surface area contributed by atoms with Crippen LogP contribution in [0.3, 0.4) is 0 Å². The summed E-state index contributed by atoms with van der Waals surface area (Å²) in [5, 5.41) is 4.27. The maximum Gasteiger partial charge on any atom is 0.493 e. The molecule has 0 spiro atoms. The van der Waals surface area contributed by atoms with Gasteiger partial charge in [0.15, 0.2) is 23.0 Å². The minimum absolute atomic E-state index is 0.0456. The number of halogens is 3. The van der Waals surface area contributed by atoms with Crippen molar-refractivity contribution in [3.05, 3.63) is 10.4 Å². The molecule has 0 aromatic carbocycles. The predicted octanol–water partition coefficient (Wildman–Crippen LogP) is 0.751. The van der Waals surface area contributed by atoms with E-state index in [-0.39, 0.29) is 18.1 Å². The molecular formula is C18H23F3N6O3S. The highest BCUT2D eigenvalue weighted by molar-refractivity contribution is 7.99. The van der Waals surface area contributed by atoms with Gasteiger partial charge in [-0.05, 0) is 12.7 Å². The number of rotatable bonds is 5. The second kappa shape index (κ2) is 9.37. The van der Waals surface area contributed by atoms with Crippen molar-refractivity contribution < 1.29 is 22.8 Å². The molecule has 0 amide bonds. The zero-order chi connectivity index (χ0) is 22.8. The molecule has 1 saturated heterocycles. The van der Waals surface area contributed by atoms with Crippen LogP contribution in [0, 0.1) is 11.8 Å². The number of piperazine rings is 1. The van der Waals surface area contributed by atoms with Gasteiger partial charge >= 0.3 is 12.1 Å². The molecule has 0 aliphatic carbocycles. The number of hydroxylamine groups is 1. The Morgan fingerprint density at radius 3 is 2.61 bits per heavy atom. The Bertz CT molecular complexity index is 952. The third-order valence-corrected chi connectivity index (χ3v) is 5.69. The summed E-state index contributed by atoms with van der Waals surface area (Å²) in [6.45, 7) is 5.63. The standard InChI is InChI=1S/C18H23F3N6O3S/c1-4-6-9-26-12-13(23-16(31-5-2)24(3)14(12)28)27(30-15(29)18(19,20)21)17(26)25-10-7-22-8-11-25/h17,22H,5,7-11H2,1-3H3. The first-order valence-electron chi connectivity index (χ1n) is 9.63. The molecule has 3 rings (SSSR count). The molecule has 1 atom stereocenters. The highest BCUT2D eigenvalue weighted by Gasteiger charge is 2.50. The van der Waals surface area contributed by atoms with E-state index in [0.717, 1.165) is 5.06 Å². The van der Waals surface area contributed by atoms with Gasteiger partial charge in [0.2, 0.25) is 0 Å². The topological polar surface area (TPSA) is 82.9 Å². The highest BCUT2D eigenvalue weighted by atomic mass is 32.2. The number of aromatic nitrogens is 2. The van der Waals surface area contributed by atoms with Crippen LogP contribution in [-0.4, -0.2) is 71.4 Å². The number of fused-ring (bicyclic) bond motifs is 1. The van der Waals surface area contributed by atoms with Crippen molar-refractivity contribution in [2.45, 2.75) is 31.5 Å². The van der Waals surface area contributed by atoms with Gasteiger partial charge in [0.05, 0.1) is 6.54 Å². The number of thioether (sulfide) groups is 1. The lowest BCUT2D eigenvalue weighted by atomic mass is 10.3. The Labute approximate surface area is 181 Å². The van der Waals surface area contributed by atoms with E-state index in [1.54, 1.807) is 14.0 Å². The first-order chi connectivity index (χ1) is 14.7. The number of carbonyl (C=O) groups is 1. The van der Waals surface area contributed by atoms with Crippen LogP contribution < -0.4 is 20.8 Å². The summed E-state index contributed by atoms with van der Waals surface area (Å²) in [6, 6.07) is 0. The molecule has 0 saturated carbocycles. The van der Waals surface area contributed by atoms with Gasteiger partial charge in [-0.15, -0.1) is 11.0 Å². The summed E-state index contributed by atoms with van der Waals surface area (Å²) in [4.78, 5) is 37.5. The summed E-state index contributed by atoms with van der Waals surface area (Å²) >= 11 is 1.26. The molecule has 1 unspecified atom stereocenters. The molecule has 0 bridgehead atoms. The first kappa shape index (κ1) is 23.2. The van der Waals surface area contributed by atoms with Gasteiger partial charge in [-0.1, -0.05) is 24.6 Å². The van der Waals surface area contributed by atoms with Crippen LogP contribution in [0.4, 0.5) is 24.7 Å². The van der Waals surface area contributed by atoms with Gasteiger partial charge in [-0.2, -0.15) is 13.2 Å². The van der Waals surface area contributed by atoms with Crippen LogP contribution in [0.15, 0.2) is 9.95 Å². The third kappa shape index (κ3) is 4.60. The van der Waals surface area contributed by atoms with Crippen LogP contribution in [-0.2, 0) is 16.7 Å². The second-order valence-electron chi connectivity index (χ2n) is 6.75. The van der Waals surface area contributed by atoms with E-state index in [1.807, 2.05) is 11.8 Å². The van der Waals surface area contributed by atoms with E-state index in [2.05, 4.69) is 22.1 Å². The third-order valence-electron chi connectivity index (χ3n) is 4.78. The molecule has 2 aliphatic heterocycles. The van der Waals surface area contributed by atoms with Crippen molar-refractivity contribution in [3.8, 4) is 11.8 Å². The van der Waals surface area contributed by atoms with E-state index in [0.29, 0.717) is 37.1 Å². The number of alkyl halides is 3. The summed E-state index contributed by atoms with van der Waals surface area (Å²) in [5.41, 5.74) is -0.409. The predicted molar refractivity (Wildman–Crippen MR) is 110 cm³/mol. The Hall–Kier alpha value is -2.43. The molecule has 1 aromatic rings. The smallest absolute Gasteiger partial charge is 0.327 e. The maximum absolute atomic E-state index is 13.2. The number of nitrogens with zero attached hydrogens (tertiary/aromatic N) is 5. The summed E-state index contributed by atoms with van der Waals surface area (Å²) in [6.07, 6.45) is -6.18. The molecule has 31 heavy (non-hydrogen) atoms. The van der Waals surface area contributed by atoms with Crippen molar-refractivity contribution in [1.82, 2.24) is 19.8 Å². The fraction of sp³-hybridized carbons (Fsp3) is 0.611. The summed E-state index contributed by atoms with van der Waals surface area (Å²) < 4.78 is 40.5. The van der Waals surface area contributed by atoms with Crippen LogP contribution in [0.2, 0.25) is 0 Å². The molecule has 13 heteroatoms. The van der Waals surface area contributed by atoms with E-state index < -0.39 is 24.0 Å². The van der Waals surface area contributed by atoms with Gasteiger partial charge in [-0.3, -0.25) is 14.3 Å². The lowest BCUT2D eigenvalue weighted by Crippen LogP contribution is -2.61. The molecule has 1 aromatic heterocycles. The van der Waals surface area contributed by atoms with Crippen molar-refractivity contribution >= 4 is 29.2 Å². The average molecular weight is 460 g/mol. The Kier molecular flexibility index (Phi) is 7.03. The fourth-order valence-electron chi connectivity index (χ4n) is 3.39. The molecule has 0 radical (unpaired) electrons. The van der Waals surface area contributed by atoms with E-state index in [1.165, 1.54) is 21.2 Å². The number of carbonyl (C=O) groups excluding carboxylic acids is 1. The Morgan fingerprint density at radius 2 is 2.03 bits per heavy atom. The van der Waals surface area contributed by atoms with Crippen molar-refractivity contribution in [2.24, 2.45) is 7.05 Å². The van der Waals surface area contributed by atoms with Gasteiger partial charge in [-0.25, -0.2) is 9.78 Å². The van der Waals surface area contributed by atoms with Crippen molar-refractivity contribution in [2.75, 3.05) is 48.4 Å². The second-order valence-corrected chi connectivity index (χ2v) is 7.98. The van der Waals surface area contributed by atoms with E-state index in [4.69, 9.17) is 4.84 Å². The lowest BCUT2D eigenvalue weighted by Gasteiger charge is -2.40. The van der Waals surface area contributed by atoms with Gasteiger partial charge in [0, 0.05) is 33.2 Å². The number of nitrogens with one attached hydrogen (secondary N) is 1. The SMILES string of the molecule is CC#CCN1c2c(nc(SCC)n(C)c2=O)N(OC(=O)C(F)(F)F)C1N1CCNCC1. The number of anilines is 2. The van der Waals surface area contributed by atoms with E-state index >= 15 is 0 Å². The zero-order valence-electron chi connectivity index (χ0n) is 17.3. The van der Waals surface area contributed by atoms with Crippen LogP contribution in [0.5, 0.6) is 0 Å². The van der Waals surface area contributed by atoms with Crippen LogP contribution in [0.25, 0.3) is 0 Å². The molecule has 170 valence electrons. The average Bonchev–Trinajstić information content (AvgIpc) is 3.03. The maximum atomic E-state index is 13.2. The number of hydrogen-bond acceptors (Lipinski definition) is 9. The van der Waals surface area contributed by atoms with Crippen LogP contribution in [0.1, 0.15) is 13.8 Å². The van der Waals surface area contributed by atoms with Crippen LogP contribution >= 0.6 is 11.8 Å². The molecule has 1 N–H and O–H groups in total. The first-order valence-corrected chi connectivity index (χ1v) is 10.6. The highest BCUT2D eigenvalue weighted by Crippen LogP contribution is 2.39. The van der Waals surface area contributed by atoms with Gasteiger partial charge < -0.3 is 15.1 Å². The largest absolute Gasteiger partial charge is 0.493 e. The van der Waals surface area contributed by atoms with E-state index in [9.17, 15) is 22.8 Å². The zero-order valence-corrected chi connectivity index (χ0v) is 18.1. The lowest BCUT2D eigenvalue weighted by molar-refractivity contribution is -0.203. The minimum atomic E-state index is -5.20. The summed E-state index contributed by atoms with van der Waals surface area (Å²) in [7, 11) is 1.54. The molecule has 1 fully saturated rings. The quantitative estimate of drug-likeness (QED) is 0.389. The Balaban J connectivity index is 2.17. The summed E-state index contributed by atoms with van der Waals surface area (Å²) in [5.74, 6) is 3.67. The van der Waals surface area contributed by atoms with Gasteiger partial charge in [0.1, 0.15) is 0 Å². The van der Waals surface area contributed by atoms with Crippen molar-refractivity contribution in [3.63, 3.8) is 0 Å². The monoisotopic (exact) mass is 460 g/mol. The molecule has 2 aliphatic rings. The Morgan fingerprint density at radius 1 is 1.35 bits per heavy atom. The fourth-order valence-corrected chi connectivity index (χ4v) is 4.08. The molecular weight excluding hydrogens is 437 g/mol. The van der Waals surface area contributed by atoms with Gasteiger partial charge in [0.25, 0.3) is 5.56 Å². The minimum Gasteiger partial charge on any atom is -0.327 e. The van der Waals surface area contributed by atoms with Crippen molar-refractivity contribution in [1.29, 1.82) is 0 Å². The normalized spacial score (nSPS) is 19.1. The molecule has 9 nitrogen and oxygen atoms in total. The molecule has 3 heterocycles.